The van der Waals surface area contributed by atoms with Gasteiger partial charge in [0.25, 0.3) is 0 Å². The fraction of sp³-hybridized carbons (Fsp3) is 0.381. The lowest BCUT2D eigenvalue weighted by atomic mass is 10.2. The minimum atomic E-state index is -0.0731. The molecule has 1 N–H and O–H groups in total. The molecular formula is C21H25Cl2N3O3. The highest BCUT2D eigenvalue weighted by Crippen LogP contribution is 2.29. The van der Waals surface area contributed by atoms with Gasteiger partial charge in [-0.3, -0.25) is 14.6 Å². The van der Waals surface area contributed by atoms with Crippen molar-refractivity contribution in [3.05, 3.63) is 52.0 Å². The normalized spacial score (nSPS) is 15.2. The molecule has 0 aliphatic carbocycles. The summed E-state index contributed by atoms with van der Waals surface area (Å²) >= 11 is 12.5. The van der Waals surface area contributed by atoms with Crippen molar-refractivity contribution in [2.75, 3.05) is 52.3 Å². The van der Waals surface area contributed by atoms with E-state index < -0.39 is 0 Å². The van der Waals surface area contributed by atoms with Gasteiger partial charge >= 0.3 is 0 Å². The lowest BCUT2D eigenvalue weighted by Gasteiger charge is -2.34. The zero-order chi connectivity index (χ0) is 20.8. The van der Waals surface area contributed by atoms with Crippen LogP contribution >= 0.6 is 23.2 Å². The number of piperazine rings is 1. The summed E-state index contributed by atoms with van der Waals surface area (Å²) in [4.78, 5) is 16.9. The number of methoxy groups -OCH3 is 2. The van der Waals surface area contributed by atoms with Crippen LogP contribution in [-0.2, 0) is 11.3 Å². The molecule has 156 valence electrons. The summed E-state index contributed by atoms with van der Waals surface area (Å²) in [7, 11) is 3.15. The van der Waals surface area contributed by atoms with Gasteiger partial charge in [0, 0.05) is 54.4 Å². The second-order valence-electron chi connectivity index (χ2n) is 6.87. The Morgan fingerprint density at radius 3 is 2.28 bits per heavy atom. The molecule has 6 nitrogen and oxygen atoms in total. The lowest BCUT2D eigenvalue weighted by Crippen LogP contribution is -2.48. The van der Waals surface area contributed by atoms with E-state index in [9.17, 15) is 4.79 Å². The SMILES string of the molecule is COc1ccc(NC(=O)CN2CCN(Cc3c(Cl)cccc3Cl)CC2)c(OC)c1. The van der Waals surface area contributed by atoms with Crippen LogP contribution in [0.4, 0.5) is 5.69 Å². The maximum absolute atomic E-state index is 12.5. The van der Waals surface area contributed by atoms with Crippen LogP contribution in [0, 0.1) is 0 Å². The molecule has 1 heterocycles. The van der Waals surface area contributed by atoms with Crippen molar-refractivity contribution in [2.45, 2.75) is 6.54 Å². The summed E-state index contributed by atoms with van der Waals surface area (Å²) in [6.45, 7) is 4.34. The predicted octanol–water partition coefficient (Wildman–Crippen LogP) is 3.77. The average molecular weight is 438 g/mol. The number of amides is 1. The molecule has 0 bridgehead atoms. The molecule has 3 rings (SSSR count). The van der Waals surface area contributed by atoms with E-state index in [1.54, 1.807) is 32.4 Å². The number of rotatable bonds is 7. The molecule has 8 heteroatoms. The Hall–Kier alpha value is -1.99. The van der Waals surface area contributed by atoms with Crippen molar-refractivity contribution < 1.29 is 14.3 Å². The topological polar surface area (TPSA) is 54.0 Å². The van der Waals surface area contributed by atoms with E-state index in [-0.39, 0.29) is 5.91 Å². The molecule has 2 aromatic rings. The molecule has 2 aromatic carbocycles. The number of hydrogen-bond donors (Lipinski definition) is 1. The Labute approximate surface area is 181 Å². The number of hydrogen-bond acceptors (Lipinski definition) is 5. The third kappa shape index (κ3) is 5.76. The number of carbonyl (C=O) groups is 1. The summed E-state index contributed by atoms with van der Waals surface area (Å²) in [6.07, 6.45) is 0. The van der Waals surface area contributed by atoms with Crippen LogP contribution < -0.4 is 14.8 Å². The van der Waals surface area contributed by atoms with Crippen LogP contribution in [0.3, 0.4) is 0 Å². The smallest absolute Gasteiger partial charge is 0.238 e. The minimum absolute atomic E-state index is 0.0731. The van der Waals surface area contributed by atoms with Crippen LogP contribution in [0.25, 0.3) is 0 Å². The van der Waals surface area contributed by atoms with E-state index in [2.05, 4.69) is 15.1 Å². The highest BCUT2D eigenvalue weighted by Gasteiger charge is 2.21. The second kappa shape index (κ2) is 10.2. The molecule has 0 unspecified atom stereocenters. The number of nitrogens with zero attached hydrogens (tertiary/aromatic N) is 2. The first kappa shape index (κ1) is 21.7. The average Bonchev–Trinajstić information content (AvgIpc) is 2.72. The Balaban J connectivity index is 1.50. The van der Waals surface area contributed by atoms with Crippen molar-refractivity contribution in [2.24, 2.45) is 0 Å². The number of halogens is 2. The van der Waals surface area contributed by atoms with E-state index in [0.717, 1.165) is 31.7 Å². The second-order valence-corrected chi connectivity index (χ2v) is 7.68. The summed E-state index contributed by atoms with van der Waals surface area (Å²) < 4.78 is 10.5. The zero-order valence-corrected chi connectivity index (χ0v) is 18.1. The molecule has 1 aliphatic rings. The van der Waals surface area contributed by atoms with Crippen LogP contribution in [0.15, 0.2) is 36.4 Å². The van der Waals surface area contributed by atoms with Gasteiger partial charge in [-0.25, -0.2) is 0 Å². The summed E-state index contributed by atoms with van der Waals surface area (Å²) in [6, 6.07) is 10.9. The molecule has 1 aliphatic heterocycles. The number of anilines is 1. The van der Waals surface area contributed by atoms with Crippen molar-refractivity contribution in [1.82, 2.24) is 9.80 Å². The summed E-state index contributed by atoms with van der Waals surface area (Å²) in [5.74, 6) is 1.17. The van der Waals surface area contributed by atoms with Gasteiger partial charge in [-0.1, -0.05) is 29.3 Å². The predicted molar refractivity (Wildman–Crippen MR) is 116 cm³/mol. The van der Waals surface area contributed by atoms with E-state index in [4.69, 9.17) is 32.7 Å². The maximum atomic E-state index is 12.5. The summed E-state index contributed by atoms with van der Waals surface area (Å²) in [5, 5.41) is 4.29. The molecule has 29 heavy (non-hydrogen) atoms. The Morgan fingerprint density at radius 2 is 1.66 bits per heavy atom. The first-order valence-corrected chi connectivity index (χ1v) is 10.1. The largest absolute Gasteiger partial charge is 0.497 e. The Kier molecular flexibility index (Phi) is 7.61. The fourth-order valence-corrected chi connectivity index (χ4v) is 3.82. The highest BCUT2D eigenvalue weighted by molar-refractivity contribution is 6.35. The lowest BCUT2D eigenvalue weighted by molar-refractivity contribution is -0.117. The van der Waals surface area contributed by atoms with Crippen LogP contribution in [0.2, 0.25) is 10.0 Å². The fourth-order valence-electron chi connectivity index (χ4n) is 3.31. The zero-order valence-electron chi connectivity index (χ0n) is 16.6. The quantitative estimate of drug-likeness (QED) is 0.714. The molecule has 0 aromatic heterocycles. The van der Waals surface area contributed by atoms with Gasteiger partial charge in [-0.05, 0) is 24.3 Å². The van der Waals surface area contributed by atoms with Crippen LogP contribution in [0.5, 0.6) is 11.5 Å². The Bertz CT molecular complexity index is 835. The number of nitrogens with one attached hydrogen (secondary N) is 1. The van der Waals surface area contributed by atoms with Gasteiger partial charge in [-0.15, -0.1) is 0 Å². The van der Waals surface area contributed by atoms with Crippen molar-refractivity contribution in [3.63, 3.8) is 0 Å². The first-order valence-electron chi connectivity index (χ1n) is 9.39. The number of carbonyl (C=O) groups excluding carboxylic acids is 1. The maximum Gasteiger partial charge on any atom is 0.238 e. The third-order valence-corrected chi connectivity index (χ3v) is 5.67. The molecule has 0 atom stereocenters. The molecule has 1 fully saturated rings. The van der Waals surface area contributed by atoms with Gasteiger partial charge < -0.3 is 14.8 Å². The highest BCUT2D eigenvalue weighted by atomic mass is 35.5. The van der Waals surface area contributed by atoms with E-state index in [1.807, 2.05) is 18.2 Å². The molecule has 1 saturated heterocycles. The van der Waals surface area contributed by atoms with Crippen molar-refractivity contribution in [3.8, 4) is 11.5 Å². The van der Waals surface area contributed by atoms with Crippen molar-refractivity contribution in [1.29, 1.82) is 0 Å². The monoisotopic (exact) mass is 437 g/mol. The van der Waals surface area contributed by atoms with Gasteiger partial charge in [0.15, 0.2) is 0 Å². The Morgan fingerprint density at radius 1 is 1.00 bits per heavy atom. The summed E-state index contributed by atoms with van der Waals surface area (Å²) in [5.41, 5.74) is 1.58. The molecule has 1 amide bonds. The third-order valence-electron chi connectivity index (χ3n) is 4.96. The van der Waals surface area contributed by atoms with Crippen LogP contribution in [-0.4, -0.2) is 62.7 Å². The van der Waals surface area contributed by atoms with E-state index in [1.165, 1.54) is 0 Å². The van der Waals surface area contributed by atoms with Crippen molar-refractivity contribution >= 4 is 34.8 Å². The molecular weight excluding hydrogens is 413 g/mol. The van der Waals surface area contributed by atoms with Gasteiger partial charge in [-0.2, -0.15) is 0 Å². The molecule has 0 radical (unpaired) electrons. The first-order chi connectivity index (χ1) is 14.0. The number of benzene rings is 2. The van der Waals surface area contributed by atoms with E-state index >= 15 is 0 Å². The standard InChI is InChI=1S/C21H25Cl2N3O3/c1-28-15-6-7-19(20(12-15)29-2)24-21(27)14-26-10-8-25(9-11-26)13-16-17(22)4-3-5-18(16)23/h3-7,12H,8-11,13-14H2,1-2H3,(H,24,27). The molecule has 0 saturated carbocycles. The van der Waals surface area contributed by atoms with E-state index in [0.29, 0.717) is 40.3 Å². The van der Waals surface area contributed by atoms with Gasteiger partial charge in [0.2, 0.25) is 5.91 Å². The van der Waals surface area contributed by atoms with Gasteiger partial charge in [0.1, 0.15) is 11.5 Å². The molecule has 0 spiro atoms. The number of ether oxygens (including phenoxy) is 2. The minimum Gasteiger partial charge on any atom is -0.497 e. The van der Waals surface area contributed by atoms with Gasteiger partial charge in [0.05, 0.1) is 26.5 Å². The van der Waals surface area contributed by atoms with Crippen LogP contribution in [0.1, 0.15) is 5.56 Å².